The maximum Gasteiger partial charge on any atom is 0.224 e. The van der Waals surface area contributed by atoms with Crippen LogP contribution in [0.1, 0.15) is 49.0 Å². The zero-order valence-corrected chi connectivity index (χ0v) is 16.4. The Morgan fingerprint density at radius 2 is 1.94 bits per heavy atom. The highest BCUT2D eigenvalue weighted by Gasteiger charge is 2.27. The molecule has 170 valence electrons. The number of aliphatic hydroxyl groups is 1. The first kappa shape index (κ1) is 13.6. The van der Waals surface area contributed by atoms with Gasteiger partial charge in [0.2, 0.25) is 11.9 Å². The third-order valence-corrected chi connectivity index (χ3v) is 4.93. The second-order valence-electron chi connectivity index (χ2n) is 7.10. The summed E-state index contributed by atoms with van der Waals surface area (Å²) in [7, 11) is 0. The van der Waals surface area contributed by atoms with E-state index in [1.807, 2.05) is 0 Å². The lowest BCUT2D eigenvalue weighted by Gasteiger charge is -2.26. The van der Waals surface area contributed by atoms with Crippen LogP contribution >= 0.6 is 0 Å². The first-order valence-corrected chi connectivity index (χ1v) is 9.61. The molecule has 1 aromatic carbocycles. The molecule has 0 bridgehead atoms. The summed E-state index contributed by atoms with van der Waals surface area (Å²) < 4.78 is 114. The predicted molar refractivity (Wildman–Crippen MR) is 111 cm³/mol. The predicted octanol–water partition coefficient (Wildman–Crippen LogP) is 3.66. The van der Waals surface area contributed by atoms with Crippen LogP contribution in [-0.2, 0) is 4.74 Å². The molecule has 3 atom stereocenters. The van der Waals surface area contributed by atoms with Gasteiger partial charge in [-0.05, 0) is 32.0 Å². The van der Waals surface area contributed by atoms with Crippen molar-refractivity contribution in [3.8, 4) is 0 Å². The number of ether oxygens (including phenoxy) is 1. The molecule has 11 heteroatoms. The lowest BCUT2D eigenvalue weighted by atomic mass is 9.93. The third-order valence-electron chi connectivity index (χ3n) is 4.93. The highest BCUT2D eigenvalue weighted by atomic mass is 19.1. The van der Waals surface area contributed by atoms with Crippen molar-refractivity contribution in [2.45, 2.75) is 50.1 Å². The fourth-order valence-corrected chi connectivity index (χ4v) is 3.46. The number of nitrogens with zero attached hydrogens (tertiary/aromatic N) is 4. The monoisotopic (exact) mass is 456 g/mol. The molecule has 0 spiro atoms. The van der Waals surface area contributed by atoms with Gasteiger partial charge in [0.25, 0.3) is 0 Å². The molecular formula is C21H23F3N6O2. The Morgan fingerprint density at radius 3 is 2.62 bits per heavy atom. The summed E-state index contributed by atoms with van der Waals surface area (Å²) in [6.07, 6.45) is -13.2. The molecule has 0 amide bonds. The molecule has 1 aliphatic carbocycles. The van der Waals surface area contributed by atoms with Crippen LogP contribution in [0.25, 0.3) is 11.2 Å². The van der Waals surface area contributed by atoms with Gasteiger partial charge < -0.3 is 20.5 Å². The van der Waals surface area contributed by atoms with Crippen LogP contribution in [0.15, 0.2) is 18.3 Å². The number of nitrogens with one attached hydrogen (secondary N) is 2. The highest BCUT2D eigenvalue weighted by Crippen LogP contribution is 2.32. The summed E-state index contributed by atoms with van der Waals surface area (Å²) in [5.41, 5.74) is -0.539. The van der Waals surface area contributed by atoms with Gasteiger partial charge in [0.1, 0.15) is 17.0 Å². The van der Waals surface area contributed by atoms with E-state index in [1.54, 1.807) is 0 Å². The summed E-state index contributed by atoms with van der Waals surface area (Å²) in [4.78, 5) is 12.5. The van der Waals surface area contributed by atoms with Gasteiger partial charge in [-0.25, -0.2) is 23.1 Å². The van der Waals surface area contributed by atoms with E-state index >= 15 is 0 Å². The number of hydrogen-bond donors (Lipinski definition) is 3. The summed E-state index contributed by atoms with van der Waals surface area (Å²) >= 11 is 0. The van der Waals surface area contributed by atoms with Crippen molar-refractivity contribution >= 4 is 28.7 Å². The molecular weight excluding hydrogens is 425 g/mol. The number of benzene rings is 1. The minimum Gasteiger partial charge on any atom is -0.393 e. The molecule has 8 nitrogen and oxygen atoms in total. The van der Waals surface area contributed by atoms with E-state index in [1.165, 1.54) is 4.57 Å². The topological polar surface area (TPSA) is 97.1 Å². The normalized spacial score (nSPS) is 39.6. The second-order valence-corrected chi connectivity index (χ2v) is 7.10. The number of fused-ring (bicyclic) bond motifs is 1. The summed E-state index contributed by atoms with van der Waals surface area (Å²) in [6.45, 7) is 0.506. The van der Waals surface area contributed by atoms with Crippen molar-refractivity contribution in [2.75, 3.05) is 23.8 Å². The van der Waals surface area contributed by atoms with Crippen LogP contribution in [0.2, 0.25) is 0 Å². The zero-order valence-electron chi connectivity index (χ0n) is 24.4. The van der Waals surface area contributed by atoms with Gasteiger partial charge in [-0.2, -0.15) is 4.98 Å². The molecule has 3 unspecified atom stereocenters. The van der Waals surface area contributed by atoms with E-state index in [0.29, 0.717) is 25.2 Å². The SMILES string of the molecule is [2H]C1C([2H])(Nc2ncc3nc(Nc4c(F)cc(F)cc4F)n(C4CCOC4)c3n2)C([2H])C([2H])([2H])C([2H])(O)C1([2H])[2H]. The molecule has 0 radical (unpaired) electrons. The maximum atomic E-state index is 14.4. The molecule has 3 aromatic rings. The quantitative estimate of drug-likeness (QED) is 0.539. The van der Waals surface area contributed by atoms with Gasteiger partial charge in [-0.15, -0.1) is 0 Å². The average Bonchev–Trinajstić information content (AvgIpc) is 3.51. The summed E-state index contributed by atoms with van der Waals surface area (Å²) in [5.74, 6) is -4.11. The van der Waals surface area contributed by atoms with Crippen LogP contribution < -0.4 is 10.6 Å². The van der Waals surface area contributed by atoms with E-state index in [9.17, 15) is 18.3 Å². The van der Waals surface area contributed by atoms with Crippen LogP contribution in [0, 0.1) is 17.5 Å². The van der Waals surface area contributed by atoms with Crippen molar-refractivity contribution in [1.29, 1.82) is 0 Å². The Morgan fingerprint density at radius 1 is 1.19 bits per heavy atom. The number of hydrogen-bond acceptors (Lipinski definition) is 7. The standard InChI is InChI=1S/C21H23F3N6O2/c22-11-7-15(23)18(16(24)8-11)28-21-27-17-9-25-20(26-12-1-3-14(31)4-2-12)29-19(17)30(21)13-5-6-32-10-13/h7-9,12-14,31H,1-6,10H2,(H,27,28)(H,25,26,29)/i1D,2D,3D2,4D2,12D,14D. The van der Waals surface area contributed by atoms with E-state index in [-0.39, 0.29) is 23.7 Å². The van der Waals surface area contributed by atoms with Gasteiger partial charge in [-0.3, -0.25) is 4.57 Å². The minimum absolute atomic E-state index is 0.0453. The molecule has 2 aliphatic rings. The molecule has 1 aliphatic heterocycles. The van der Waals surface area contributed by atoms with E-state index in [0.717, 1.165) is 6.20 Å². The third kappa shape index (κ3) is 4.09. The highest BCUT2D eigenvalue weighted by molar-refractivity contribution is 5.76. The van der Waals surface area contributed by atoms with Crippen LogP contribution in [0.5, 0.6) is 0 Å². The molecule has 3 heterocycles. The maximum absolute atomic E-state index is 14.4. The van der Waals surface area contributed by atoms with Crippen LogP contribution in [0.4, 0.5) is 30.8 Å². The van der Waals surface area contributed by atoms with Gasteiger partial charge in [-0.1, -0.05) is 0 Å². The number of imidazole rings is 1. The van der Waals surface area contributed by atoms with Gasteiger partial charge >= 0.3 is 0 Å². The van der Waals surface area contributed by atoms with Crippen molar-refractivity contribution in [2.24, 2.45) is 0 Å². The average molecular weight is 456 g/mol. The molecule has 3 N–H and O–H groups in total. The fourth-order valence-electron chi connectivity index (χ4n) is 3.46. The van der Waals surface area contributed by atoms with Crippen molar-refractivity contribution in [1.82, 2.24) is 19.5 Å². The largest absolute Gasteiger partial charge is 0.393 e. The van der Waals surface area contributed by atoms with E-state index in [4.69, 9.17) is 15.7 Å². The molecule has 2 aromatic heterocycles. The summed E-state index contributed by atoms with van der Waals surface area (Å²) in [6, 6.07) is -2.26. The molecule has 32 heavy (non-hydrogen) atoms. The zero-order chi connectivity index (χ0) is 29.4. The fraction of sp³-hybridized carbons (Fsp3) is 0.476. The molecule has 2 fully saturated rings. The summed E-state index contributed by atoms with van der Waals surface area (Å²) in [5, 5.41) is 15.1. The van der Waals surface area contributed by atoms with Crippen LogP contribution in [0.3, 0.4) is 0 Å². The molecule has 1 saturated carbocycles. The minimum atomic E-state index is -3.51. The molecule has 5 rings (SSSR count). The number of rotatable bonds is 5. The Labute approximate surface area is 193 Å². The number of halogens is 3. The van der Waals surface area contributed by atoms with Crippen molar-refractivity contribution in [3.63, 3.8) is 0 Å². The Kier molecular flexibility index (Phi) is 3.63. The number of anilines is 3. The molecule has 1 saturated heterocycles. The van der Waals surface area contributed by atoms with Crippen LogP contribution in [-0.4, -0.2) is 49.9 Å². The lowest BCUT2D eigenvalue weighted by Crippen LogP contribution is -2.29. The smallest absolute Gasteiger partial charge is 0.224 e. The van der Waals surface area contributed by atoms with Crippen molar-refractivity contribution < 1.29 is 34.0 Å². The van der Waals surface area contributed by atoms with Gasteiger partial charge in [0.05, 0.1) is 27.7 Å². The first-order chi connectivity index (χ1) is 18.5. The first-order valence-electron chi connectivity index (χ1n) is 13.8. The Hall–Kier alpha value is -2.92. The van der Waals surface area contributed by atoms with E-state index < -0.39 is 72.8 Å². The van der Waals surface area contributed by atoms with Gasteiger partial charge in [0, 0.05) is 33.0 Å². The van der Waals surface area contributed by atoms with Crippen molar-refractivity contribution in [3.05, 3.63) is 35.8 Å². The lowest BCUT2D eigenvalue weighted by molar-refractivity contribution is 0.126. The Bertz CT molecular complexity index is 1420. The Balaban J connectivity index is 1.58. The van der Waals surface area contributed by atoms with Gasteiger partial charge in [0.15, 0.2) is 17.3 Å². The number of aromatic nitrogens is 4. The van der Waals surface area contributed by atoms with E-state index in [2.05, 4.69) is 25.6 Å². The second kappa shape index (κ2) is 8.55.